The van der Waals surface area contributed by atoms with E-state index in [9.17, 15) is 9.59 Å². The highest BCUT2D eigenvalue weighted by Gasteiger charge is 2.10. The predicted octanol–water partition coefficient (Wildman–Crippen LogP) is 3.35. The van der Waals surface area contributed by atoms with Crippen LogP contribution in [0.5, 0.6) is 5.75 Å². The van der Waals surface area contributed by atoms with Crippen LogP contribution in [0.2, 0.25) is 0 Å². The number of anilines is 1. The molecule has 1 aromatic heterocycles. The number of benzene rings is 1. The third kappa shape index (κ3) is 5.42. The van der Waals surface area contributed by atoms with Crippen LogP contribution in [0.1, 0.15) is 42.6 Å². The third-order valence-corrected chi connectivity index (χ3v) is 4.02. The molecular formula is C17H21N3O3S. The molecule has 0 saturated heterocycles. The van der Waals surface area contributed by atoms with E-state index in [-0.39, 0.29) is 18.3 Å². The summed E-state index contributed by atoms with van der Waals surface area (Å²) in [6, 6.07) is 6.76. The predicted molar refractivity (Wildman–Crippen MR) is 93.6 cm³/mol. The lowest BCUT2D eigenvalue weighted by molar-refractivity contribution is -0.118. The average Bonchev–Trinajstić information content (AvgIpc) is 2.98. The number of aromatic nitrogens is 2. The Kier molecular flexibility index (Phi) is 6.43. The van der Waals surface area contributed by atoms with Gasteiger partial charge in [0.2, 0.25) is 5.13 Å². The molecule has 0 atom stereocenters. The molecule has 0 aliphatic carbocycles. The topological polar surface area (TPSA) is 81.2 Å². The molecule has 0 saturated carbocycles. The van der Waals surface area contributed by atoms with Gasteiger partial charge in [0.15, 0.2) is 12.4 Å². The van der Waals surface area contributed by atoms with E-state index in [1.54, 1.807) is 24.3 Å². The Morgan fingerprint density at radius 1 is 1.21 bits per heavy atom. The van der Waals surface area contributed by atoms with Crippen molar-refractivity contribution in [3.05, 3.63) is 34.8 Å². The first-order chi connectivity index (χ1) is 11.5. The largest absolute Gasteiger partial charge is 0.484 e. The van der Waals surface area contributed by atoms with Gasteiger partial charge in [-0.2, -0.15) is 0 Å². The van der Waals surface area contributed by atoms with Gasteiger partial charge in [0.05, 0.1) is 0 Å². The molecule has 1 heterocycles. The molecular weight excluding hydrogens is 326 g/mol. The summed E-state index contributed by atoms with van der Waals surface area (Å²) in [6.45, 7) is 5.90. The van der Waals surface area contributed by atoms with Crippen molar-refractivity contribution in [3.63, 3.8) is 0 Å². The van der Waals surface area contributed by atoms with Gasteiger partial charge < -0.3 is 4.74 Å². The van der Waals surface area contributed by atoms with Crippen LogP contribution in [0.3, 0.4) is 0 Å². The van der Waals surface area contributed by atoms with Crippen LogP contribution in [-0.2, 0) is 11.2 Å². The number of nitrogens with one attached hydrogen (secondary N) is 1. The zero-order valence-corrected chi connectivity index (χ0v) is 14.9. The van der Waals surface area contributed by atoms with Gasteiger partial charge in [-0.25, -0.2) is 0 Å². The molecule has 24 heavy (non-hydrogen) atoms. The maximum Gasteiger partial charge on any atom is 0.264 e. The van der Waals surface area contributed by atoms with Crippen molar-refractivity contribution in [1.29, 1.82) is 0 Å². The quantitative estimate of drug-likeness (QED) is 0.741. The van der Waals surface area contributed by atoms with Crippen molar-refractivity contribution in [2.45, 2.75) is 33.6 Å². The number of carbonyl (C=O) groups is 2. The molecule has 128 valence electrons. The Hall–Kier alpha value is -2.28. The number of amides is 1. The second-order valence-corrected chi connectivity index (χ2v) is 6.80. The normalized spacial score (nSPS) is 10.7. The van der Waals surface area contributed by atoms with E-state index in [1.165, 1.54) is 11.3 Å². The van der Waals surface area contributed by atoms with E-state index < -0.39 is 0 Å². The summed E-state index contributed by atoms with van der Waals surface area (Å²) in [7, 11) is 0. The Balaban J connectivity index is 1.82. The molecule has 1 N–H and O–H groups in total. The molecule has 0 spiro atoms. The molecule has 7 heteroatoms. The lowest BCUT2D eigenvalue weighted by atomic mass is 10.1. The number of hydrogen-bond donors (Lipinski definition) is 1. The zero-order chi connectivity index (χ0) is 17.5. The number of rotatable bonds is 8. The minimum Gasteiger partial charge on any atom is -0.484 e. The first-order valence-electron chi connectivity index (χ1n) is 7.86. The van der Waals surface area contributed by atoms with Gasteiger partial charge in [0.25, 0.3) is 5.91 Å². The van der Waals surface area contributed by atoms with Gasteiger partial charge in [0, 0.05) is 18.4 Å². The summed E-state index contributed by atoms with van der Waals surface area (Å²) >= 11 is 1.37. The first-order valence-corrected chi connectivity index (χ1v) is 8.68. The fourth-order valence-corrected chi connectivity index (χ4v) is 2.95. The molecule has 0 aliphatic rings. The summed E-state index contributed by atoms with van der Waals surface area (Å²) in [5.41, 5.74) is 0.640. The van der Waals surface area contributed by atoms with Crippen molar-refractivity contribution in [1.82, 2.24) is 10.2 Å². The minimum atomic E-state index is -0.295. The molecule has 0 aliphatic heterocycles. The summed E-state index contributed by atoms with van der Waals surface area (Å²) < 4.78 is 5.41. The van der Waals surface area contributed by atoms with Gasteiger partial charge >= 0.3 is 0 Å². The van der Waals surface area contributed by atoms with E-state index in [0.29, 0.717) is 28.8 Å². The van der Waals surface area contributed by atoms with Crippen LogP contribution >= 0.6 is 11.3 Å². The van der Waals surface area contributed by atoms with E-state index >= 15 is 0 Å². The van der Waals surface area contributed by atoms with Crippen LogP contribution in [0.15, 0.2) is 24.3 Å². The van der Waals surface area contributed by atoms with E-state index in [0.717, 1.165) is 11.4 Å². The molecule has 2 rings (SSSR count). The second-order valence-electron chi connectivity index (χ2n) is 5.74. The Labute approximate surface area is 145 Å². The number of ether oxygens (including phenoxy) is 1. The summed E-state index contributed by atoms with van der Waals surface area (Å²) in [5, 5.41) is 12.0. The number of Topliss-reactive ketones (excluding diaryl/α,β-unsaturated/α-hetero) is 1. The lowest BCUT2D eigenvalue weighted by Crippen LogP contribution is -2.20. The summed E-state index contributed by atoms with van der Waals surface area (Å²) in [4.78, 5) is 23.4. The summed E-state index contributed by atoms with van der Waals surface area (Å²) in [5.74, 6) is 0.812. The van der Waals surface area contributed by atoms with Crippen molar-refractivity contribution in [2.24, 2.45) is 5.92 Å². The lowest BCUT2D eigenvalue weighted by Gasteiger charge is -2.06. The maximum atomic E-state index is 11.9. The highest BCUT2D eigenvalue weighted by atomic mass is 32.1. The SMILES string of the molecule is CCC(=O)c1ccc(OCC(=O)Nc2nnc(CC(C)C)s2)cc1. The van der Waals surface area contributed by atoms with Crippen LogP contribution in [0.25, 0.3) is 0 Å². The molecule has 0 radical (unpaired) electrons. The highest BCUT2D eigenvalue weighted by molar-refractivity contribution is 7.15. The number of hydrogen-bond acceptors (Lipinski definition) is 6. The fraction of sp³-hybridized carbons (Fsp3) is 0.412. The number of ketones is 1. The van der Waals surface area contributed by atoms with Gasteiger partial charge in [-0.1, -0.05) is 32.1 Å². The van der Waals surface area contributed by atoms with Crippen molar-refractivity contribution in [2.75, 3.05) is 11.9 Å². The Morgan fingerprint density at radius 2 is 1.92 bits per heavy atom. The van der Waals surface area contributed by atoms with Crippen LogP contribution < -0.4 is 10.1 Å². The van der Waals surface area contributed by atoms with Crippen LogP contribution in [0, 0.1) is 5.92 Å². The highest BCUT2D eigenvalue weighted by Crippen LogP contribution is 2.18. The molecule has 6 nitrogen and oxygen atoms in total. The monoisotopic (exact) mass is 347 g/mol. The molecule has 1 amide bonds. The molecule has 0 bridgehead atoms. The number of nitrogens with zero attached hydrogens (tertiary/aromatic N) is 2. The van der Waals surface area contributed by atoms with Crippen molar-refractivity contribution >= 4 is 28.2 Å². The Bertz CT molecular complexity index is 695. The first kappa shape index (κ1) is 18.1. The van der Waals surface area contributed by atoms with E-state index in [2.05, 4.69) is 29.4 Å². The zero-order valence-electron chi connectivity index (χ0n) is 14.0. The van der Waals surface area contributed by atoms with Gasteiger partial charge in [-0.3, -0.25) is 14.9 Å². The second kappa shape index (κ2) is 8.54. The fourth-order valence-electron chi connectivity index (χ4n) is 1.98. The number of carbonyl (C=O) groups excluding carboxylic acids is 2. The Morgan fingerprint density at radius 3 is 2.54 bits per heavy atom. The molecule has 0 unspecified atom stereocenters. The smallest absolute Gasteiger partial charge is 0.264 e. The maximum absolute atomic E-state index is 11.9. The van der Waals surface area contributed by atoms with E-state index in [1.807, 2.05) is 6.92 Å². The molecule has 1 aromatic carbocycles. The van der Waals surface area contributed by atoms with Crippen molar-refractivity contribution in [3.8, 4) is 5.75 Å². The van der Waals surface area contributed by atoms with Crippen LogP contribution in [-0.4, -0.2) is 28.5 Å². The third-order valence-electron chi connectivity index (χ3n) is 3.16. The van der Waals surface area contributed by atoms with E-state index in [4.69, 9.17) is 4.74 Å². The molecule has 0 fully saturated rings. The summed E-state index contributed by atoms with van der Waals surface area (Å²) in [6.07, 6.45) is 1.30. The van der Waals surface area contributed by atoms with Gasteiger partial charge in [-0.05, 0) is 30.2 Å². The van der Waals surface area contributed by atoms with Gasteiger partial charge in [0.1, 0.15) is 10.8 Å². The van der Waals surface area contributed by atoms with Crippen LogP contribution in [0.4, 0.5) is 5.13 Å². The average molecular weight is 347 g/mol. The standard InChI is InChI=1S/C17H21N3O3S/c1-4-14(21)12-5-7-13(8-6-12)23-10-15(22)18-17-20-19-16(24-17)9-11(2)3/h5-8,11H,4,9-10H2,1-3H3,(H,18,20,22). The minimum absolute atomic E-state index is 0.0766. The van der Waals surface area contributed by atoms with Crippen molar-refractivity contribution < 1.29 is 14.3 Å². The molecule has 2 aromatic rings. The van der Waals surface area contributed by atoms with Gasteiger partial charge in [-0.15, -0.1) is 10.2 Å².